The highest BCUT2D eigenvalue weighted by atomic mass is 16.4. The van der Waals surface area contributed by atoms with Gasteiger partial charge in [-0.2, -0.15) is 0 Å². The van der Waals surface area contributed by atoms with E-state index in [9.17, 15) is 9.59 Å². The lowest BCUT2D eigenvalue weighted by Crippen LogP contribution is -2.23. The van der Waals surface area contributed by atoms with Crippen molar-refractivity contribution >= 4 is 11.9 Å². The molecule has 78 valence electrons. The topological polar surface area (TPSA) is 79.5 Å². The Morgan fingerprint density at radius 3 is 2.87 bits per heavy atom. The first kappa shape index (κ1) is 10.9. The van der Waals surface area contributed by atoms with Gasteiger partial charge in [-0.1, -0.05) is 0 Å². The molecule has 1 aromatic rings. The van der Waals surface area contributed by atoms with Gasteiger partial charge >= 0.3 is 5.97 Å². The van der Waals surface area contributed by atoms with Crippen LogP contribution in [0.25, 0.3) is 0 Å². The maximum absolute atomic E-state index is 11.3. The number of aromatic carboxylic acids is 1. The molecule has 0 aliphatic rings. The summed E-state index contributed by atoms with van der Waals surface area (Å²) in [6, 6.07) is 1.16. The maximum atomic E-state index is 11.3. The average Bonchev–Trinajstić information content (AvgIpc) is 2.66. The molecule has 0 aromatic carbocycles. The lowest BCUT2D eigenvalue weighted by Gasteiger charge is -1.97. The number of carbonyl (C=O) groups is 2. The predicted octanol–water partition coefficient (Wildman–Crippen LogP) is 0.731. The summed E-state index contributed by atoms with van der Waals surface area (Å²) >= 11 is 0. The van der Waals surface area contributed by atoms with Crippen molar-refractivity contribution in [2.75, 3.05) is 6.54 Å². The number of terminal acetylenes is 1. The van der Waals surface area contributed by atoms with Crippen LogP contribution in [0.2, 0.25) is 0 Å². The van der Waals surface area contributed by atoms with Crippen LogP contribution in [0.1, 0.15) is 27.3 Å². The Morgan fingerprint density at radius 2 is 2.33 bits per heavy atom. The Balaban J connectivity index is 2.59. The van der Waals surface area contributed by atoms with Gasteiger partial charge in [-0.05, 0) is 0 Å². The maximum Gasteiger partial charge on any atom is 0.338 e. The van der Waals surface area contributed by atoms with E-state index < -0.39 is 11.9 Å². The van der Waals surface area contributed by atoms with E-state index in [1.807, 2.05) is 0 Å². The molecule has 5 nitrogen and oxygen atoms in total. The minimum Gasteiger partial charge on any atom is -0.478 e. The second-order valence-electron chi connectivity index (χ2n) is 2.71. The summed E-state index contributed by atoms with van der Waals surface area (Å²) in [6.45, 7) is 0.332. The van der Waals surface area contributed by atoms with Gasteiger partial charge in [0.05, 0.1) is 5.56 Å². The quantitative estimate of drug-likeness (QED) is 0.563. The minimum atomic E-state index is -1.14. The van der Waals surface area contributed by atoms with Gasteiger partial charge in [0.15, 0.2) is 5.76 Å². The summed E-state index contributed by atoms with van der Waals surface area (Å²) in [5, 5.41) is 11.1. The number of carbonyl (C=O) groups excluding carboxylic acids is 1. The number of furan rings is 1. The third-order valence-electron chi connectivity index (χ3n) is 1.63. The molecule has 1 heterocycles. The number of hydrogen-bond acceptors (Lipinski definition) is 3. The van der Waals surface area contributed by atoms with Crippen molar-refractivity contribution in [3.05, 3.63) is 23.7 Å². The van der Waals surface area contributed by atoms with Crippen molar-refractivity contribution in [1.82, 2.24) is 5.32 Å². The fourth-order valence-electron chi connectivity index (χ4n) is 0.903. The van der Waals surface area contributed by atoms with Crippen LogP contribution in [0.5, 0.6) is 0 Å². The Bertz CT molecular complexity index is 413. The largest absolute Gasteiger partial charge is 0.478 e. The molecule has 0 atom stereocenters. The third kappa shape index (κ3) is 2.88. The van der Waals surface area contributed by atoms with Crippen LogP contribution in [0.3, 0.4) is 0 Å². The van der Waals surface area contributed by atoms with E-state index in [1.165, 1.54) is 0 Å². The average molecular weight is 207 g/mol. The normalized spacial score (nSPS) is 9.27. The van der Waals surface area contributed by atoms with Gasteiger partial charge in [-0.25, -0.2) is 4.79 Å². The number of rotatable bonds is 4. The molecular weight excluding hydrogens is 198 g/mol. The fourth-order valence-corrected chi connectivity index (χ4v) is 0.903. The molecule has 0 aliphatic carbocycles. The first-order valence-corrected chi connectivity index (χ1v) is 4.18. The fraction of sp³-hybridized carbons (Fsp3) is 0.200. The van der Waals surface area contributed by atoms with Gasteiger partial charge < -0.3 is 14.8 Å². The van der Waals surface area contributed by atoms with Crippen LogP contribution in [0, 0.1) is 12.3 Å². The van der Waals surface area contributed by atoms with E-state index in [4.69, 9.17) is 15.9 Å². The zero-order valence-electron chi connectivity index (χ0n) is 7.82. The van der Waals surface area contributed by atoms with Gasteiger partial charge in [-0.3, -0.25) is 4.79 Å². The van der Waals surface area contributed by atoms with Crippen LogP contribution < -0.4 is 5.32 Å². The van der Waals surface area contributed by atoms with Crippen molar-refractivity contribution in [3.8, 4) is 12.3 Å². The molecule has 0 radical (unpaired) electrons. The number of carboxylic acids is 1. The molecule has 0 fully saturated rings. The lowest BCUT2D eigenvalue weighted by molar-refractivity contribution is 0.0696. The van der Waals surface area contributed by atoms with E-state index in [1.54, 1.807) is 0 Å². The zero-order valence-corrected chi connectivity index (χ0v) is 7.82. The molecule has 0 spiro atoms. The molecule has 1 amide bonds. The van der Waals surface area contributed by atoms with Crippen LogP contribution in [0.4, 0.5) is 0 Å². The molecule has 0 saturated heterocycles. The van der Waals surface area contributed by atoms with Gasteiger partial charge in [0.2, 0.25) is 0 Å². The Kier molecular flexibility index (Phi) is 3.52. The SMILES string of the molecule is C#CCCNC(=O)c1cc(C(=O)O)co1. The number of hydrogen-bond donors (Lipinski definition) is 2. The van der Waals surface area contributed by atoms with E-state index in [0.717, 1.165) is 12.3 Å². The van der Waals surface area contributed by atoms with E-state index >= 15 is 0 Å². The van der Waals surface area contributed by atoms with Crippen molar-refractivity contribution in [3.63, 3.8) is 0 Å². The highest BCUT2D eigenvalue weighted by molar-refractivity contribution is 5.95. The summed E-state index contributed by atoms with van der Waals surface area (Å²) in [7, 11) is 0. The van der Waals surface area contributed by atoms with Crippen molar-refractivity contribution in [2.45, 2.75) is 6.42 Å². The molecule has 0 bridgehead atoms. The minimum absolute atomic E-state index is 0.0376. The van der Waals surface area contributed by atoms with Gasteiger partial charge in [0.25, 0.3) is 5.91 Å². The summed E-state index contributed by atoms with van der Waals surface area (Å²) < 4.78 is 4.77. The molecule has 0 saturated carbocycles. The van der Waals surface area contributed by atoms with Crippen LogP contribution >= 0.6 is 0 Å². The third-order valence-corrected chi connectivity index (χ3v) is 1.63. The summed E-state index contributed by atoms with van der Waals surface area (Å²) in [5.74, 6) is 0.709. The van der Waals surface area contributed by atoms with Gasteiger partial charge in [0, 0.05) is 19.0 Å². The van der Waals surface area contributed by atoms with Crippen molar-refractivity contribution in [1.29, 1.82) is 0 Å². The van der Waals surface area contributed by atoms with E-state index in [-0.39, 0.29) is 11.3 Å². The number of amides is 1. The molecule has 1 rings (SSSR count). The second kappa shape index (κ2) is 4.86. The molecule has 0 aliphatic heterocycles. The van der Waals surface area contributed by atoms with Gasteiger partial charge in [-0.15, -0.1) is 12.3 Å². The number of carboxylic acid groups (broad SMARTS) is 1. The zero-order chi connectivity index (χ0) is 11.3. The van der Waals surface area contributed by atoms with Crippen LogP contribution in [-0.2, 0) is 0 Å². The molecule has 15 heavy (non-hydrogen) atoms. The van der Waals surface area contributed by atoms with Crippen LogP contribution in [0.15, 0.2) is 16.7 Å². The highest BCUT2D eigenvalue weighted by Gasteiger charge is 2.13. The van der Waals surface area contributed by atoms with Crippen molar-refractivity contribution < 1.29 is 19.1 Å². The first-order chi connectivity index (χ1) is 7.15. The molecule has 5 heteroatoms. The Morgan fingerprint density at radius 1 is 1.60 bits per heavy atom. The summed E-state index contributed by atoms with van der Waals surface area (Å²) in [4.78, 5) is 21.8. The van der Waals surface area contributed by atoms with E-state index in [0.29, 0.717) is 13.0 Å². The first-order valence-electron chi connectivity index (χ1n) is 4.18. The molecule has 1 aromatic heterocycles. The molecule has 2 N–H and O–H groups in total. The molecule has 0 unspecified atom stereocenters. The monoisotopic (exact) mass is 207 g/mol. The standard InChI is InChI=1S/C10H9NO4/c1-2-3-4-11-9(12)8-5-7(6-15-8)10(13)14/h1,5-6H,3-4H2,(H,11,12)(H,13,14). The predicted molar refractivity (Wildman–Crippen MR) is 51.5 cm³/mol. The van der Waals surface area contributed by atoms with Crippen LogP contribution in [-0.4, -0.2) is 23.5 Å². The van der Waals surface area contributed by atoms with E-state index in [2.05, 4.69) is 11.2 Å². The Hall–Kier alpha value is -2.22. The second-order valence-corrected chi connectivity index (χ2v) is 2.71. The Labute approximate surface area is 86.1 Å². The summed E-state index contributed by atoms with van der Waals surface area (Å²) in [5.41, 5.74) is -0.0582. The number of nitrogens with one attached hydrogen (secondary N) is 1. The molecular formula is C10H9NO4. The smallest absolute Gasteiger partial charge is 0.338 e. The van der Waals surface area contributed by atoms with Crippen molar-refractivity contribution in [2.24, 2.45) is 0 Å². The summed E-state index contributed by atoms with van der Waals surface area (Å²) in [6.07, 6.45) is 6.42. The van der Waals surface area contributed by atoms with Gasteiger partial charge in [0.1, 0.15) is 6.26 Å². The lowest BCUT2D eigenvalue weighted by atomic mass is 10.3. The highest BCUT2D eigenvalue weighted by Crippen LogP contribution is 2.07.